The molecule has 2 aromatic heterocycles. The molecule has 0 unspecified atom stereocenters. The lowest BCUT2D eigenvalue weighted by Gasteiger charge is -2.12. The summed E-state index contributed by atoms with van der Waals surface area (Å²) in [7, 11) is 0. The number of pyridine rings is 1. The molecule has 0 aliphatic rings. The Labute approximate surface area is 350 Å². The summed E-state index contributed by atoms with van der Waals surface area (Å²) in [6, 6.07) is 80.1. The summed E-state index contributed by atoms with van der Waals surface area (Å²) in [5, 5.41) is 0. The van der Waals surface area contributed by atoms with Crippen molar-refractivity contribution in [1.82, 2.24) is 19.9 Å². The molecule has 0 aliphatic heterocycles. The van der Waals surface area contributed by atoms with Crippen LogP contribution in [0.2, 0.25) is 0 Å². The van der Waals surface area contributed by atoms with Crippen LogP contribution in [0.5, 0.6) is 0 Å². The number of hydrogen-bond acceptors (Lipinski definition) is 4. The van der Waals surface area contributed by atoms with Gasteiger partial charge in [-0.15, -0.1) is 0 Å². The van der Waals surface area contributed by atoms with Crippen LogP contribution in [-0.4, -0.2) is 19.9 Å². The SMILES string of the molecule is c1ccc(-c2cc(-c3ccccc3)nc(-c3ccc(-c4cccc(-c5cccc(-c6ccc(-c7nc(-c8ccccc8)nc(-c8ccccc8)n7)cc6)c5)c4)cc3)c2)cc1. The molecule has 0 fully saturated rings. The van der Waals surface area contributed by atoms with Gasteiger partial charge in [-0.05, 0) is 68.8 Å². The quantitative estimate of drug-likeness (QED) is 0.147. The molecule has 4 heteroatoms. The predicted octanol–water partition coefficient (Wildman–Crippen LogP) is 14.3. The topological polar surface area (TPSA) is 51.6 Å². The first kappa shape index (κ1) is 36.3. The van der Waals surface area contributed by atoms with Gasteiger partial charge in [-0.25, -0.2) is 19.9 Å². The zero-order valence-electron chi connectivity index (χ0n) is 32.7. The Morgan fingerprint density at radius 2 is 0.433 bits per heavy atom. The predicted molar refractivity (Wildman–Crippen MR) is 247 cm³/mol. The van der Waals surface area contributed by atoms with Gasteiger partial charge in [0, 0.05) is 27.8 Å². The summed E-state index contributed by atoms with van der Waals surface area (Å²) >= 11 is 0. The van der Waals surface area contributed by atoms with Crippen LogP contribution >= 0.6 is 0 Å². The van der Waals surface area contributed by atoms with Crippen molar-refractivity contribution >= 4 is 0 Å². The van der Waals surface area contributed by atoms with E-state index < -0.39 is 0 Å². The summed E-state index contributed by atoms with van der Waals surface area (Å²) in [5.41, 5.74) is 16.1. The van der Waals surface area contributed by atoms with Gasteiger partial charge < -0.3 is 0 Å². The first-order valence-electron chi connectivity index (χ1n) is 20.1. The van der Waals surface area contributed by atoms with Gasteiger partial charge >= 0.3 is 0 Å². The van der Waals surface area contributed by atoms with E-state index in [9.17, 15) is 0 Å². The highest BCUT2D eigenvalue weighted by Crippen LogP contribution is 2.34. The number of hydrogen-bond donors (Lipinski definition) is 0. The standard InChI is InChI=1S/C56H38N4/c1-5-15-39(16-6-1)51-37-52(42-17-7-2-8-18-42)57-53(38-51)43-31-27-40(28-32-43)47-23-13-25-49(35-47)50-26-14-24-48(36-50)41-29-33-46(34-30-41)56-59-54(44-19-9-3-10-20-44)58-55(60-56)45-21-11-4-12-22-45/h1-38H. The van der Waals surface area contributed by atoms with E-state index in [1.165, 1.54) is 5.56 Å². The monoisotopic (exact) mass is 766 g/mol. The Balaban J connectivity index is 0.918. The fourth-order valence-electron chi connectivity index (χ4n) is 7.57. The smallest absolute Gasteiger partial charge is 0.164 e. The lowest BCUT2D eigenvalue weighted by Crippen LogP contribution is -2.00. The highest BCUT2D eigenvalue weighted by Gasteiger charge is 2.14. The molecule has 0 spiro atoms. The molecule has 0 N–H and O–H groups in total. The van der Waals surface area contributed by atoms with Crippen LogP contribution in [0.3, 0.4) is 0 Å². The lowest BCUT2D eigenvalue weighted by atomic mass is 9.95. The van der Waals surface area contributed by atoms with Gasteiger partial charge in [-0.1, -0.05) is 206 Å². The van der Waals surface area contributed by atoms with Crippen molar-refractivity contribution in [1.29, 1.82) is 0 Å². The van der Waals surface area contributed by atoms with Gasteiger partial charge in [0.25, 0.3) is 0 Å². The first-order chi connectivity index (χ1) is 29.7. The zero-order valence-corrected chi connectivity index (χ0v) is 32.7. The highest BCUT2D eigenvalue weighted by atomic mass is 15.0. The molecule has 0 radical (unpaired) electrons. The molecule has 4 nitrogen and oxygen atoms in total. The van der Waals surface area contributed by atoms with E-state index in [0.29, 0.717) is 17.5 Å². The molecule has 8 aromatic carbocycles. The van der Waals surface area contributed by atoms with E-state index in [1.807, 2.05) is 66.7 Å². The van der Waals surface area contributed by atoms with Crippen molar-refractivity contribution in [3.63, 3.8) is 0 Å². The van der Waals surface area contributed by atoms with E-state index in [0.717, 1.165) is 78.1 Å². The Morgan fingerprint density at radius 1 is 0.167 bits per heavy atom. The van der Waals surface area contributed by atoms with Gasteiger partial charge in [0.1, 0.15) is 0 Å². The van der Waals surface area contributed by atoms with Crippen molar-refractivity contribution in [2.75, 3.05) is 0 Å². The fraction of sp³-hybridized carbons (Fsp3) is 0. The number of nitrogens with zero attached hydrogens (tertiary/aromatic N) is 4. The largest absolute Gasteiger partial charge is 0.248 e. The van der Waals surface area contributed by atoms with E-state index in [2.05, 4.69) is 164 Å². The van der Waals surface area contributed by atoms with Crippen LogP contribution in [0, 0.1) is 0 Å². The fourth-order valence-corrected chi connectivity index (χ4v) is 7.57. The molecule has 0 aliphatic carbocycles. The second-order valence-corrected chi connectivity index (χ2v) is 14.7. The van der Waals surface area contributed by atoms with Gasteiger partial charge in [-0.3, -0.25) is 0 Å². The van der Waals surface area contributed by atoms with Gasteiger partial charge in [0.2, 0.25) is 0 Å². The average Bonchev–Trinajstić information content (AvgIpc) is 3.35. The minimum Gasteiger partial charge on any atom is -0.248 e. The van der Waals surface area contributed by atoms with E-state index in [-0.39, 0.29) is 0 Å². The molecule has 10 aromatic rings. The Kier molecular flexibility index (Phi) is 9.92. The maximum atomic E-state index is 5.13. The van der Waals surface area contributed by atoms with Crippen LogP contribution < -0.4 is 0 Å². The number of benzene rings is 8. The second-order valence-electron chi connectivity index (χ2n) is 14.7. The number of aromatic nitrogens is 4. The molecular weight excluding hydrogens is 729 g/mol. The van der Waals surface area contributed by atoms with Crippen molar-refractivity contribution in [2.45, 2.75) is 0 Å². The molecule has 0 saturated carbocycles. The molecule has 60 heavy (non-hydrogen) atoms. The Hall–Kier alpha value is -8.08. The van der Waals surface area contributed by atoms with Crippen molar-refractivity contribution in [2.24, 2.45) is 0 Å². The maximum absolute atomic E-state index is 5.13. The van der Waals surface area contributed by atoms with Crippen LogP contribution in [0.4, 0.5) is 0 Å². The lowest BCUT2D eigenvalue weighted by molar-refractivity contribution is 1.07. The van der Waals surface area contributed by atoms with Crippen LogP contribution in [0.15, 0.2) is 231 Å². The number of rotatable bonds is 9. The summed E-state index contributed by atoms with van der Waals surface area (Å²) in [6.07, 6.45) is 0. The molecule has 0 bridgehead atoms. The molecular formula is C56H38N4. The molecule has 0 amide bonds. The average molecular weight is 767 g/mol. The third-order valence-electron chi connectivity index (χ3n) is 10.8. The molecule has 10 rings (SSSR count). The third-order valence-corrected chi connectivity index (χ3v) is 10.8. The third kappa shape index (κ3) is 7.78. The summed E-state index contributed by atoms with van der Waals surface area (Å²) < 4.78 is 0. The first-order valence-corrected chi connectivity index (χ1v) is 20.1. The summed E-state index contributed by atoms with van der Waals surface area (Å²) in [5.74, 6) is 1.94. The molecule has 282 valence electrons. The zero-order chi connectivity index (χ0) is 40.1. The van der Waals surface area contributed by atoms with Crippen molar-refractivity contribution in [3.8, 4) is 101 Å². The highest BCUT2D eigenvalue weighted by molar-refractivity contribution is 5.80. The van der Waals surface area contributed by atoms with Crippen molar-refractivity contribution < 1.29 is 0 Å². The maximum Gasteiger partial charge on any atom is 0.164 e. The van der Waals surface area contributed by atoms with Gasteiger partial charge in [-0.2, -0.15) is 0 Å². The second kappa shape index (κ2) is 16.4. The molecule has 2 heterocycles. The molecule has 0 atom stereocenters. The Morgan fingerprint density at radius 3 is 0.850 bits per heavy atom. The molecule has 0 saturated heterocycles. The van der Waals surface area contributed by atoms with E-state index in [1.54, 1.807) is 0 Å². The Bertz CT molecular complexity index is 2710. The minimum atomic E-state index is 0.641. The summed E-state index contributed by atoms with van der Waals surface area (Å²) in [4.78, 5) is 19.8. The van der Waals surface area contributed by atoms with Crippen LogP contribution in [0.25, 0.3) is 101 Å². The van der Waals surface area contributed by atoms with Crippen LogP contribution in [-0.2, 0) is 0 Å². The minimum absolute atomic E-state index is 0.641. The van der Waals surface area contributed by atoms with Crippen LogP contribution in [0.1, 0.15) is 0 Å². The van der Waals surface area contributed by atoms with Gasteiger partial charge in [0.15, 0.2) is 17.5 Å². The van der Waals surface area contributed by atoms with Gasteiger partial charge in [0.05, 0.1) is 11.4 Å². The van der Waals surface area contributed by atoms with E-state index in [4.69, 9.17) is 19.9 Å². The van der Waals surface area contributed by atoms with Crippen molar-refractivity contribution in [3.05, 3.63) is 231 Å². The normalized spacial score (nSPS) is 11.0. The summed E-state index contributed by atoms with van der Waals surface area (Å²) in [6.45, 7) is 0. The van der Waals surface area contributed by atoms with E-state index >= 15 is 0 Å².